The second kappa shape index (κ2) is 19.9. The van der Waals surface area contributed by atoms with Gasteiger partial charge in [0.2, 0.25) is 11.8 Å². The van der Waals surface area contributed by atoms with Crippen LogP contribution in [0.25, 0.3) is 21.5 Å². The zero-order chi connectivity index (χ0) is 39.3. The molecule has 4 N–H and O–H groups in total. The maximum absolute atomic E-state index is 14.9. The molecule has 1 aliphatic carbocycles. The van der Waals surface area contributed by atoms with E-state index in [-0.39, 0.29) is 11.8 Å². The van der Waals surface area contributed by atoms with Crippen LogP contribution in [-0.2, 0) is 9.59 Å². The van der Waals surface area contributed by atoms with Crippen LogP contribution in [0, 0.1) is 5.41 Å². The molecule has 5 rings (SSSR count). The number of rotatable bonds is 24. The molecule has 0 aromatic heterocycles. The quantitative estimate of drug-likeness (QED) is 0.0423. The molecule has 0 heterocycles. The van der Waals surface area contributed by atoms with Crippen molar-refractivity contribution in [2.24, 2.45) is 5.41 Å². The Bertz CT molecular complexity index is 1670. The normalized spacial score (nSPS) is 15.2. The number of nitrogens with one attached hydrogen (secondary N) is 2. The van der Waals surface area contributed by atoms with Crippen molar-refractivity contribution in [1.29, 1.82) is 0 Å². The van der Waals surface area contributed by atoms with Crippen molar-refractivity contribution in [2.75, 3.05) is 0 Å². The lowest BCUT2D eigenvalue weighted by atomic mass is 9.78. The van der Waals surface area contributed by atoms with Gasteiger partial charge in [-0.2, -0.15) is 0 Å². The van der Waals surface area contributed by atoms with Crippen LogP contribution in [0.4, 0.5) is 0 Å². The van der Waals surface area contributed by atoms with Crippen LogP contribution in [0.3, 0.4) is 0 Å². The molecule has 0 aliphatic heterocycles. The van der Waals surface area contributed by atoms with Gasteiger partial charge in [0, 0.05) is 0 Å². The Morgan fingerprint density at radius 3 is 1.18 bits per heavy atom. The topological polar surface area (TPSA) is 98.7 Å². The summed E-state index contributed by atoms with van der Waals surface area (Å²) in [4.78, 5) is 29.7. The van der Waals surface area contributed by atoms with Crippen molar-refractivity contribution in [3.63, 3.8) is 0 Å². The van der Waals surface area contributed by atoms with Gasteiger partial charge in [-0.05, 0) is 71.2 Å². The Labute approximate surface area is 330 Å². The predicted octanol–water partition coefficient (Wildman–Crippen LogP) is 11.6. The molecule has 0 spiro atoms. The van der Waals surface area contributed by atoms with Crippen LogP contribution in [0.1, 0.15) is 166 Å². The number of fused-ring (bicyclic) bond motifs is 2. The van der Waals surface area contributed by atoms with Crippen LogP contribution in [0.5, 0.6) is 0 Å². The second-order valence-electron chi connectivity index (χ2n) is 16.6. The smallest absolute Gasteiger partial charge is 0.236 e. The zero-order valence-corrected chi connectivity index (χ0v) is 34.2. The number of amides is 2. The molecular formula is C49H68N2O4. The summed E-state index contributed by atoms with van der Waals surface area (Å²) < 4.78 is 0. The van der Waals surface area contributed by atoms with E-state index >= 15 is 0 Å². The van der Waals surface area contributed by atoms with Crippen LogP contribution in [0.15, 0.2) is 84.9 Å². The molecular weight excluding hydrogens is 681 g/mol. The standard InChI is InChI=1S/C49H68N2O4/c1-5-9-17-31-48(54,32-18-10-6-2)43(41-29-21-25-37-23-13-15-27-39(37)41)50-45(52)47(35-36-47)46(53)51-44(42-30-22-26-38-24-14-16-28-40(38)42)49(55,33-19-11-7-3)34-20-12-8-4/h13-16,21-30,43-44,54-55H,5-12,17-20,31-36H2,1-4H3,(H,50,52)(H,51,53)/t43-,44-/m0/s1. The molecule has 0 saturated heterocycles. The Balaban J connectivity index is 1.53. The second-order valence-corrected chi connectivity index (χ2v) is 16.6. The molecule has 1 fully saturated rings. The van der Waals surface area contributed by atoms with Crippen molar-refractivity contribution in [3.8, 4) is 0 Å². The first kappa shape index (κ1) is 42.4. The van der Waals surface area contributed by atoms with E-state index < -0.39 is 28.7 Å². The highest BCUT2D eigenvalue weighted by atomic mass is 16.3. The lowest BCUT2D eigenvalue weighted by Gasteiger charge is -2.40. The van der Waals surface area contributed by atoms with E-state index in [9.17, 15) is 19.8 Å². The SMILES string of the molecule is CCCCCC(O)(CCCCC)[C@@H](NC(=O)C1(C(=O)N[C@@H](c2cccc3ccccc23)C(O)(CCCCC)CCCCC)CC1)c1cccc2ccccc12. The molecule has 6 heteroatoms. The Kier molecular flexibility index (Phi) is 15.4. The van der Waals surface area contributed by atoms with E-state index in [0.717, 1.165) is 110 Å². The summed E-state index contributed by atoms with van der Waals surface area (Å²) in [5.41, 5.74) is -1.91. The van der Waals surface area contributed by atoms with Crippen molar-refractivity contribution >= 4 is 33.4 Å². The summed E-state index contributed by atoms with van der Waals surface area (Å²) in [6, 6.07) is 27.1. The number of unbranched alkanes of at least 4 members (excludes halogenated alkanes) is 8. The average molecular weight is 749 g/mol. The van der Waals surface area contributed by atoms with E-state index in [1.807, 2.05) is 48.5 Å². The van der Waals surface area contributed by atoms with Gasteiger partial charge in [0.1, 0.15) is 5.41 Å². The minimum Gasteiger partial charge on any atom is -0.387 e. The molecule has 6 nitrogen and oxygen atoms in total. The molecule has 1 aliphatic rings. The minimum atomic E-state index is -1.28. The zero-order valence-electron chi connectivity index (χ0n) is 34.2. The number of benzene rings is 4. The lowest BCUT2D eigenvalue weighted by molar-refractivity contribution is -0.141. The molecule has 0 radical (unpaired) electrons. The van der Waals surface area contributed by atoms with E-state index in [1.54, 1.807) is 0 Å². The summed E-state index contributed by atoms with van der Waals surface area (Å²) in [7, 11) is 0. The van der Waals surface area contributed by atoms with Gasteiger partial charge < -0.3 is 20.8 Å². The fraction of sp³-hybridized carbons (Fsp3) is 0.551. The summed E-state index contributed by atoms with van der Waals surface area (Å²) in [6.45, 7) is 8.65. The molecule has 0 bridgehead atoms. The van der Waals surface area contributed by atoms with Crippen LogP contribution in [0.2, 0.25) is 0 Å². The maximum Gasteiger partial charge on any atom is 0.236 e. The first-order valence-corrected chi connectivity index (χ1v) is 21.7. The van der Waals surface area contributed by atoms with Crippen LogP contribution in [-0.4, -0.2) is 33.2 Å². The van der Waals surface area contributed by atoms with Crippen LogP contribution >= 0.6 is 0 Å². The molecule has 2 atom stereocenters. The molecule has 0 unspecified atom stereocenters. The third-order valence-electron chi connectivity index (χ3n) is 12.4. The number of hydrogen-bond donors (Lipinski definition) is 4. The van der Waals surface area contributed by atoms with Gasteiger partial charge in [-0.1, -0.05) is 190 Å². The van der Waals surface area contributed by atoms with E-state index in [1.165, 1.54) is 0 Å². The number of aliphatic hydroxyl groups is 2. The largest absolute Gasteiger partial charge is 0.387 e. The monoisotopic (exact) mass is 749 g/mol. The summed E-state index contributed by atoms with van der Waals surface area (Å²) in [5, 5.41) is 36.3. The summed E-state index contributed by atoms with van der Waals surface area (Å²) in [5.74, 6) is -0.686. The van der Waals surface area contributed by atoms with Crippen molar-refractivity contribution in [3.05, 3.63) is 96.1 Å². The van der Waals surface area contributed by atoms with Crippen LogP contribution < -0.4 is 10.6 Å². The predicted molar refractivity (Wildman–Crippen MR) is 228 cm³/mol. The first-order chi connectivity index (χ1) is 26.7. The molecule has 1 saturated carbocycles. The molecule has 55 heavy (non-hydrogen) atoms. The van der Waals surface area contributed by atoms with Gasteiger partial charge in [-0.3, -0.25) is 9.59 Å². The highest BCUT2D eigenvalue weighted by Gasteiger charge is 2.59. The minimum absolute atomic E-state index is 0.343. The van der Waals surface area contributed by atoms with Crippen molar-refractivity contribution < 1.29 is 19.8 Å². The lowest BCUT2D eigenvalue weighted by Crippen LogP contribution is -2.53. The maximum atomic E-state index is 14.9. The third-order valence-corrected chi connectivity index (χ3v) is 12.4. The van der Waals surface area contributed by atoms with Crippen molar-refractivity contribution in [1.82, 2.24) is 10.6 Å². The fourth-order valence-corrected chi connectivity index (χ4v) is 8.78. The number of carbonyl (C=O) groups excluding carboxylic acids is 2. The van der Waals surface area contributed by atoms with Gasteiger partial charge in [0.25, 0.3) is 0 Å². The van der Waals surface area contributed by atoms with E-state index in [4.69, 9.17) is 0 Å². The Morgan fingerprint density at radius 2 is 0.855 bits per heavy atom. The summed E-state index contributed by atoms with van der Waals surface area (Å²) in [6.07, 6.45) is 14.6. The molecule has 4 aromatic carbocycles. The van der Waals surface area contributed by atoms with Gasteiger partial charge in [-0.15, -0.1) is 0 Å². The van der Waals surface area contributed by atoms with Crippen molar-refractivity contribution in [2.45, 2.75) is 167 Å². The number of hydrogen-bond acceptors (Lipinski definition) is 4. The third kappa shape index (κ3) is 10.2. The van der Waals surface area contributed by atoms with Gasteiger partial charge in [0.05, 0.1) is 23.3 Å². The Hall–Kier alpha value is -3.74. The number of carbonyl (C=O) groups is 2. The molecule has 298 valence electrons. The molecule has 2 amide bonds. The highest BCUT2D eigenvalue weighted by molar-refractivity contribution is 6.08. The van der Waals surface area contributed by atoms with Gasteiger partial charge in [0.15, 0.2) is 0 Å². The van der Waals surface area contributed by atoms with Gasteiger partial charge in [-0.25, -0.2) is 0 Å². The van der Waals surface area contributed by atoms with E-state index in [2.05, 4.69) is 74.7 Å². The van der Waals surface area contributed by atoms with E-state index in [0.29, 0.717) is 38.5 Å². The van der Waals surface area contributed by atoms with Gasteiger partial charge >= 0.3 is 0 Å². The fourth-order valence-electron chi connectivity index (χ4n) is 8.78. The summed E-state index contributed by atoms with van der Waals surface area (Å²) >= 11 is 0. The molecule has 4 aromatic rings. The average Bonchev–Trinajstić information content (AvgIpc) is 4.02. The first-order valence-electron chi connectivity index (χ1n) is 21.7. The Morgan fingerprint density at radius 1 is 0.527 bits per heavy atom. The highest BCUT2D eigenvalue weighted by Crippen LogP contribution is 2.49.